The van der Waals surface area contributed by atoms with Gasteiger partial charge in [0.1, 0.15) is 29.1 Å². The van der Waals surface area contributed by atoms with Crippen molar-refractivity contribution in [3.05, 3.63) is 108 Å². The summed E-state index contributed by atoms with van der Waals surface area (Å²) >= 11 is 0. The van der Waals surface area contributed by atoms with Crippen molar-refractivity contribution in [3.8, 4) is 23.0 Å². The van der Waals surface area contributed by atoms with Crippen LogP contribution in [0.15, 0.2) is 91.0 Å². The van der Waals surface area contributed by atoms with E-state index < -0.39 is 53.0 Å². The predicted octanol–water partition coefficient (Wildman–Crippen LogP) is 6.38. The van der Waals surface area contributed by atoms with Gasteiger partial charge in [-0.2, -0.15) is 26.3 Å². The van der Waals surface area contributed by atoms with Crippen LogP contribution in [0.25, 0.3) is 0 Å². The largest absolute Gasteiger partial charge is 0.457 e. The lowest BCUT2D eigenvalue weighted by atomic mass is 9.70. The van der Waals surface area contributed by atoms with E-state index in [-0.39, 0.29) is 28.7 Å². The molecule has 0 heterocycles. The maximum Gasteiger partial charge on any atom is 0.411 e. The number of rotatable bonds is 9. The molecule has 6 N–H and O–H groups in total. The number of carbonyl (C=O) groups excluding carboxylic acids is 1. The minimum atomic E-state index is -6.06. The van der Waals surface area contributed by atoms with Crippen molar-refractivity contribution in [3.63, 3.8) is 0 Å². The van der Waals surface area contributed by atoms with Crippen molar-refractivity contribution >= 4 is 17.2 Å². The molecule has 7 nitrogen and oxygen atoms in total. The minimum absolute atomic E-state index is 0.0718. The third-order valence-electron chi connectivity index (χ3n) is 6.46. The summed E-state index contributed by atoms with van der Waals surface area (Å²) < 4.78 is 101. The van der Waals surface area contributed by atoms with E-state index in [4.69, 9.17) is 20.9 Å². The summed E-state index contributed by atoms with van der Waals surface area (Å²) in [6.07, 6.45) is -14.4. The first kappa shape index (κ1) is 31.2. The van der Waals surface area contributed by atoms with Crippen LogP contribution in [0.5, 0.6) is 23.0 Å². The molecule has 0 aliphatic carbocycles. The molecule has 0 aliphatic heterocycles. The highest BCUT2D eigenvalue weighted by Gasteiger charge is 2.73. The van der Waals surface area contributed by atoms with Crippen molar-refractivity contribution < 1.29 is 50.8 Å². The molecule has 0 spiro atoms. The van der Waals surface area contributed by atoms with Crippen molar-refractivity contribution in [1.29, 1.82) is 0 Å². The maximum absolute atomic E-state index is 14.9. The van der Waals surface area contributed by atoms with Crippen LogP contribution in [-0.4, -0.2) is 41.1 Å². The fourth-order valence-electron chi connectivity index (χ4n) is 4.53. The average molecular weight is 607 g/mol. The Bertz CT molecular complexity index is 1590. The number of hydrogen-bond acceptors (Lipinski definition) is 7. The van der Waals surface area contributed by atoms with Gasteiger partial charge in [0, 0.05) is 29.1 Å². The van der Waals surface area contributed by atoms with Gasteiger partial charge in [-0.05, 0) is 59.7 Å². The number of hydrogen-bond donors (Lipinski definition) is 4. The maximum atomic E-state index is 14.9. The Morgan fingerprint density at radius 2 is 1.16 bits per heavy atom. The van der Waals surface area contributed by atoms with Gasteiger partial charge in [0.05, 0.1) is 6.61 Å². The van der Waals surface area contributed by atoms with Crippen LogP contribution in [0.1, 0.15) is 21.5 Å². The Balaban J connectivity index is 1.92. The normalized spacial score (nSPS) is 12.9. The molecule has 1 atom stereocenters. The Hall–Kier alpha value is -4.75. The number of Topliss-reactive ketones (excluding diaryl/α,β-unsaturated/α-hetero) is 1. The lowest BCUT2D eigenvalue weighted by molar-refractivity contribution is -0.288. The second-order valence-corrected chi connectivity index (χ2v) is 9.39. The molecule has 4 aromatic rings. The number of nitrogen functional groups attached to an aromatic ring is 2. The van der Waals surface area contributed by atoms with E-state index in [1.54, 1.807) is 6.07 Å². The standard InChI is InChI=1S/C30H24F6N2O5/c31-29(32,33)28(30(34,35)36,17-7-9-20(10-8-17)42-21-5-1-3-18(37)13-21)25-12-11-23(15-24(25)27(41)26(40)16-39)43-22-6-2-4-19(38)14-22/h1-15,26,39-40H,16,37-38H2. The number of benzene rings is 4. The van der Waals surface area contributed by atoms with Crippen LogP contribution in [0.4, 0.5) is 37.7 Å². The fourth-order valence-corrected chi connectivity index (χ4v) is 4.53. The van der Waals surface area contributed by atoms with Gasteiger partial charge in [-0.1, -0.05) is 30.3 Å². The zero-order valence-corrected chi connectivity index (χ0v) is 22.0. The average Bonchev–Trinajstić information content (AvgIpc) is 2.92. The van der Waals surface area contributed by atoms with Gasteiger partial charge in [-0.3, -0.25) is 4.79 Å². The molecule has 13 heteroatoms. The summed E-state index contributed by atoms with van der Waals surface area (Å²) in [5, 5.41) is 19.3. The molecule has 0 aliphatic rings. The molecule has 0 radical (unpaired) electrons. The van der Waals surface area contributed by atoms with E-state index in [1.165, 1.54) is 42.5 Å². The Labute approximate surface area is 240 Å². The Morgan fingerprint density at radius 3 is 1.63 bits per heavy atom. The molecule has 4 rings (SSSR count). The number of nitrogens with two attached hydrogens (primary N) is 2. The highest BCUT2D eigenvalue weighted by molar-refractivity contribution is 6.01. The van der Waals surface area contributed by atoms with Gasteiger partial charge in [0.2, 0.25) is 5.41 Å². The van der Waals surface area contributed by atoms with E-state index in [0.717, 1.165) is 18.2 Å². The number of aliphatic hydroxyl groups excluding tert-OH is 2. The summed E-state index contributed by atoms with van der Waals surface area (Å²) in [6, 6.07) is 16.6. The third-order valence-corrected chi connectivity index (χ3v) is 6.46. The van der Waals surface area contributed by atoms with Gasteiger partial charge in [-0.15, -0.1) is 0 Å². The first-order valence-electron chi connectivity index (χ1n) is 12.5. The fraction of sp³-hybridized carbons (Fsp3) is 0.167. The number of ether oxygens (including phenoxy) is 2. The van der Waals surface area contributed by atoms with Crippen LogP contribution in [0, 0.1) is 0 Å². The summed E-state index contributed by atoms with van der Waals surface area (Å²) in [6.45, 7) is -1.26. The number of alkyl halides is 6. The topological polar surface area (TPSA) is 128 Å². The molecule has 0 amide bonds. The Morgan fingerprint density at radius 1 is 0.698 bits per heavy atom. The minimum Gasteiger partial charge on any atom is -0.457 e. The number of carbonyl (C=O) groups is 1. The monoisotopic (exact) mass is 606 g/mol. The van der Waals surface area contributed by atoms with E-state index in [9.17, 15) is 41.4 Å². The van der Waals surface area contributed by atoms with Gasteiger partial charge in [0.15, 0.2) is 5.78 Å². The summed E-state index contributed by atoms with van der Waals surface area (Å²) in [7, 11) is 0. The highest BCUT2D eigenvalue weighted by Crippen LogP contribution is 2.57. The molecule has 1 unspecified atom stereocenters. The molecule has 226 valence electrons. The van der Waals surface area contributed by atoms with Gasteiger partial charge in [0.25, 0.3) is 0 Å². The zero-order chi connectivity index (χ0) is 31.6. The molecule has 0 fully saturated rings. The second-order valence-electron chi connectivity index (χ2n) is 9.39. The Kier molecular flexibility index (Phi) is 8.60. The highest BCUT2D eigenvalue weighted by atomic mass is 19.4. The van der Waals surface area contributed by atoms with Crippen molar-refractivity contribution in [2.24, 2.45) is 0 Å². The third kappa shape index (κ3) is 6.22. The first-order valence-corrected chi connectivity index (χ1v) is 12.5. The summed E-state index contributed by atoms with van der Waals surface area (Å²) in [5.41, 5.74) is 3.18. The molecule has 0 bridgehead atoms. The van der Waals surface area contributed by atoms with E-state index >= 15 is 0 Å². The van der Waals surface area contributed by atoms with E-state index in [2.05, 4.69) is 0 Å². The van der Waals surface area contributed by atoms with Crippen LogP contribution in [0.2, 0.25) is 0 Å². The molecular formula is C30H24F6N2O5. The van der Waals surface area contributed by atoms with E-state index in [0.29, 0.717) is 30.0 Å². The quantitative estimate of drug-likeness (QED) is 0.0989. The van der Waals surface area contributed by atoms with Gasteiger partial charge in [-0.25, -0.2) is 0 Å². The molecule has 0 saturated carbocycles. The molecule has 4 aromatic carbocycles. The summed E-state index contributed by atoms with van der Waals surface area (Å²) in [5.74, 6) is -1.75. The zero-order valence-electron chi connectivity index (χ0n) is 22.0. The number of ketones is 1. The number of aliphatic hydroxyl groups is 2. The number of halogens is 6. The number of anilines is 2. The van der Waals surface area contributed by atoms with Gasteiger partial charge < -0.3 is 31.2 Å². The molecule has 0 aromatic heterocycles. The molecule has 0 saturated heterocycles. The van der Waals surface area contributed by atoms with Crippen LogP contribution < -0.4 is 20.9 Å². The molecule has 43 heavy (non-hydrogen) atoms. The lowest BCUT2D eigenvalue weighted by Crippen LogP contribution is -2.55. The van der Waals surface area contributed by atoms with Gasteiger partial charge >= 0.3 is 12.4 Å². The smallest absolute Gasteiger partial charge is 0.411 e. The predicted molar refractivity (Wildman–Crippen MR) is 145 cm³/mol. The van der Waals surface area contributed by atoms with Crippen LogP contribution in [-0.2, 0) is 5.41 Å². The van der Waals surface area contributed by atoms with Crippen molar-refractivity contribution in [2.75, 3.05) is 18.1 Å². The second kappa shape index (κ2) is 11.9. The van der Waals surface area contributed by atoms with Crippen LogP contribution in [0.3, 0.4) is 0 Å². The van der Waals surface area contributed by atoms with Crippen molar-refractivity contribution in [2.45, 2.75) is 23.9 Å². The molecular weight excluding hydrogens is 582 g/mol. The van der Waals surface area contributed by atoms with E-state index in [1.807, 2.05) is 0 Å². The first-order chi connectivity index (χ1) is 20.2. The van der Waals surface area contributed by atoms with Crippen molar-refractivity contribution in [1.82, 2.24) is 0 Å². The SMILES string of the molecule is Nc1cccc(Oc2ccc(C(c3ccc(Oc4cccc(N)c4)cc3C(=O)C(O)CO)(C(F)(F)F)C(F)(F)F)cc2)c1. The van der Waals surface area contributed by atoms with Crippen LogP contribution >= 0.6 is 0 Å². The summed E-state index contributed by atoms with van der Waals surface area (Å²) in [4.78, 5) is 13.0. The lowest BCUT2D eigenvalue weighted by Gasteiger charge is -2.39.